The van der Waals surface area contributed by atoms with Gasteiger partial charge >= 0.3 is 13.8 Å². The molecule has 0 radical (unpaired) electrons. The lowest BCUT2D eigenvalue weighted by atomic mass is 10.0. The molecule has 2 N–H and O–H groups in total. The van der Waals surface area contributed by atoms with Crippen molar-refractivity contribution in [3.63, 3.8) is 0 Å². The Bertz CT molecular complexity index is 1500. The Morgan fingerprint density at radius 1 is 0.455 bits per heavy atom. The maximum Gasteiger partial charge on any atom is 0.472 e. The van der Waals surface area contributed by atoms with Gasteiger partial charge in [-0.1, -0.05) is 275 Å². The summed E-state index contributed by atoms with van der Waals surface area (Å²) in [5.41, 5.74) is 0. The maximum absolute atomic E-state index is 13.6. The van der Waals surface area contributed by atoms with Gasteiger partial charge in [-0.25, -0.2) is 4.57 Å². The molecule has 0 aliphatic rings. The van der Waals surface area contributed by atoms with Crippen LogP contribution in [0.2, 0.25) is 0 Å². The number of hydrogen-bond acceptors (Lipinski definition) is 6. The summed E-state index contributed by atoms with van der Waals surface area (Å²) in [5.74, 6) is -0.508. The van der Waals surface area contributed by atoms with E-state index in [0.717, 1.165) is 89.9 Å². The third kappa shape index (κ3) is 58.2. The molecule has 0 saturated carbocycles. The fraction of sp³-hybridized carbons (Fsp3) is 0.821. The molecule has 0 spiro atoms. The zero-order chi connectivity index (χ0) is 56.4. The number of quaternary nitrogens is 1. The van der Waals surface area contributed by atoms with Crippen LogP contribution in [-0.2, 0) is 27.9 Å². The van der Waals surface area contributed by atoms with Crippen LogP contribution < -0.4 is 5.32 Å². The zero-order valence-corrected chi connectivity index (χ0v) is 52.3. The lowest BCUT2D eigenvalue weighted by Gasteiger charge is -2.27. The summed E-state index contributed by atoms with van der Waals surface area (Å²) in [7, 11) is 1.49. The third-order valence-electron chi connectivity index (χ3n) is 14.5. The highest BCUT2D eigenvalue weighted by molar-refractivity contribution is 7.47. The first kappa shape index (κ1) is 74.7. The number of carbonyl (C=O) groups excluding carboxylic acids is 2. The number of hydrogen-bond donors (Lipinski definition) is 2. The fourth-order valence-corrected chi connectivity index (χ4v) is 10.1. The van der Waals surface area contributed by atoms with Gasteiger partial charge in [0, 0.05) is 12.8 Å². The minimum atomic E-state index is -4.45. The standard InChI is InChI=1S/C67H125N2O7P/c1-7-10-13-16-19-22-25-27-29-31-32-33-34-35-36-38-39-41-44-47-50-53-56-59-66(70)68-64(63-75-77(72,73)74-62-61-69(4,5)6)65(58-55-52-49-46-43-24-21-18-15-12-9-3)76-67(71)60-57-54-51-48-45-42-40-37-30-28-26-23-20-17-14-11-8-2/h19,22,27,29,32-33,35-36,55,58,64-65H,7-18,20-21,23-26,28,30-31,34,37-54,56-57,59-63H2,1-6H3,(H-,68,70,72,73)/p+1/b22-19-,29-27-,33-32-,36-35-,58-55-. The fourth-order valence-electron chi connectivity index (χ4n) is 9.40. The van der Waals surface area contributed by atoms with E-state index in [1.165, 1.54) is 180 Å². The van der Waals surface area contributed by atoms with E-state index >= 15 is 0 Å². The predicted octanol–water partition coefficient (Wildman–Crippen LogP) is 20.2. The zero-order valence-electron chi connectivity index (χ0n) is 51.5. The van der Waals surface area contributed by atoms with E-state index in [1.54, 1.807) is 0 Å². The smallest absolute Gasteiger partial charge is 0.456 e. The second-order valence-electron chi connectivity index (χ2n) is 23.3. The third-order valence-corrected chi connectivity index (χ3v) is 15.4. The van der Waals surface area contributed by atoms with Crippen LogP contribution in [0.5, 0.6) is 0 Å². The molecule has 0 rings (SSSR count). The van der Waals surface area contributed by atoms with Gasteiger partial charge in [0.25, 0.3) is 0 Å². The van der Waals surface area contributed by atoms with Crippen molar-refractivity contribution in [2.24, 2.45) is 0 Å². The van der Waals surface area contributed by atoms with Crippen molar-refractivity contribution in [2.75, 3.05) is 40.9 Å². The molecule has 9 nitrogen and oxygen atoms in total. The molecule has 450 valence electrons. The van der Waals surface area contributed by atoms with Gasteiger partial charge in [0.05, 0.1) is 33.8 Å². The van der Waals surface area contributed by atoms with Crippen LogP contribution in [0.4, 0.5) is 0 Å². The molecule has 0 fully saturated rings. The quantitative estimate of drug-likeness (QED) is 0.0205. The van der Waals surface area contributed by atoms with Crippen molar-refractivity contribution >= 4 is 19.7 Å². The summed E-state index contributed by atoms with van der Waals surface area (Å²) in [6.07, 6.45) is 72.2. The largest absolute Gasteiger partial charge is 0.472 e. The SMILES string of the molecule is CCCCC/C=C\C/C=C\C/C=C\C/C=C\CCCCCCCCCC(=O)NC(COP(=O)(O)OCC[N+](C)(C)C)C(/C=C\CCCCCCCCCCC)OC(=O)CCCCCCCCCCCCCCCCCCC. The first-order valence-electron chi connectivity index (χ1n) is 32.6. The van der Waals surface area contributed by atoms with Crippen LogP contribution in [0.1, 0.15) is 303 Å². The van der Waals surface area contributed by atoms with Crippen molar-refractivity contribution in [3.05, 3.63) is 60.8 Å². The maximum atomic E-state index is 13.6. The highest BCUT2D eigenvalue weighted by Crippen LogP contribution is 2.43. The van der Waals surface area contributed by atoms with Gasteiger partial charge in [-0.05, 0) is 76.7 Å². The van der Waals surface area contributed by atoms with E-state index in [4.69, 9.17) is 13.8 Å². The summed E-state index contributed by atoms with van der Waals surface area (Å²) >= 11 is 0. The van der Waals surface area contributed by atoms with Crippen LogP contribution in [0.25, 0.3) is 0 Å². The van der Waals surface area contributed by atoms with Crippen molar-refractivity contribution in [1.29, 1.82) is 0 Å². The predicted molar refractivity (Wildman–Crippen MR) is 332 cm³/mol. The van der Waals surface area contributed by atoms with E-state index in [0.29, 0.717) is 23.9 Å². The van der Waals surface area contributed by atoms with Crippen molar-refractivity contribution < 1.29 is 37.3 Å². The normalized spacial score (nSPS) is 14.0. The number of rotatable bonds is 59. The molecule has 77 heavy (non-hydrogen) atoms. The summed E-state index contributed by atoms with van der Waals surface area (Å²) in [5, 5.41) is 3.06. The lowest BCUT2D eigenvalue weighted by molar-refractivity contribution is -0.870. The molecule has 10 heteroatoms. The number of phosphoric ester groups is 1. The monoisotopic (exact) mass is 1100 g/mol. The topological polar surface area (TPSA) is 111 Å². The van der Waals surface area contributed by atoms with Crippen LogP contribution in [0, 0.1) is 0 Å². The van der Waals surface area contributed by atoms with E-state index in [9.17, 15) is 19.0 Å². The Morgan fingerprint density at radius 3 is 1.21 bits per heavy atom. The van der Waals surface area contributed by atoms with Crippen LogP contribution in [0.3, 0.4) is 0 Å². The Morgan fingerprint density at radius 2 is 0.792 bits per heavy atom. The Kier molecular flexibility index (Phi) is 55.3. The molecule has 1 amide bonds. The average molecular weight is 1100 g/mol. The number of likely N-dealkylation sites (N-methyl/N-ethyl adjacent to an activating group) is 1. The minimum absolute atomic E-state index is 0.0378. The number of nitrogens with zero attached hydrogens (tertiary/aromatic N) is 1. The molecular weight excluding hydrogens is 976 g/mol. The van der Waals surface area contributed by atoms with Gasteiger partial charge in [0.1, 0.15) is 19.3 Å². The molecule has 0 heterocycles. The summed E-state index contributed by atoms with van der Waals surface area (Å²) in [6.45, 7) is 7.00. The summed E-state index contributed by atoms with van der Waals surface area (Å²) in [6, 6.07) is -0.853. The number of phosphoric acid groups is 1. The molecular formula is C67H126N2O7P+. The van der Waals surface area contributed by atoms with E-state index in [2.05, 4.69) is 74.7 Å². The molecule has 0 aromatic carbocycles. The molecule has 0 aliphatic carbocycles. The van der Waals surface area contributed by atoms with Gasteiger partial charge in [0.2, 0.25) is 5.91 Å². The molecule has 0 bridgehead atoms. The molecule has 0 aromatic heterocycles. The Labute approximate surface area is 477 Å². The number of amides is 1. The highest BCUT2D eigenvalue weighted by Gasteiger charge is 2.30. The lowest BCUT2D eigenvalue weighted by Crippen LogP contribution is -2.47. The van der Waals surface area contributed by atoms with E-state index in [-0.39, 0.29) is 25.1 Å². The highest BCUT2D eigenvalue weighted by atomic mass is 31.2. The molecule has 0 saturated heterocycles. The van der Waals surface area contributed by atoms with Crippen molar-refractivity contribution in [2.45, 2.75) is 315 Å². The van der Waals surface area contributed by atoms with E-state index in [1.807, 2.05) is 33.3 Å². The molecule has 0 aliphatic heterocycles. The van der Waals surface area contributed by atoms with Gasteiger partial charge < -0.3 is 19.4 Å². The van der Waals surface area contributed by atoms with Crippen LogP contribution in [0.15, 0.2) is 60.8 Å². The summed E-state index contributed by atoms with van der Waals surface area (Å²) < 4.78 is 30.7. The number of ether oxygens (including phenoxy) is 1. The molecule has 0 aromatic rings. The van der Waals surface area contributed by atoms with Gasteiger partial charge in [-0.3, -0.25) is 18.6 Å². The second kappa shape index (κ2) is 57.0. The molecule has 3 unspecified atom stereocenters. The molecule has 3 atom stereocenters. The average Bonchev–Trinajstić information content (AvgIpc) is 3.39. The van der Waals surface area contributed by atoms with Gasteiger partial charge in [0.15, 0.2) is 0 Å². The van der Waals surface area contributed by atoms with Crippen molar-refractivity contribution in [1.82, 2.24) is 5.32 Å². The minimum Gasteiger partial charge on any atom is -0.456 e. The van der Waals surface area contributed by atoms with Crippen LogP contribution in [-0.4, -0.2) is 74.3 Å². The van der Waals surface area contributed by atoms with Crippen LogP contribution >= 0.6 is 7.82 Å². The number of carbonyl (C=O) groups is 2. The first-order chi connectivity index (χ1) is 37.4. The Balaban J connectivity index is 5.16. The summed E-state index contributed by atoms with van der Waals surface area (Å²) in [4.78, 5) is 37.7. The Hall–Kier alpha value is -2.29. The first-order valence-corrected chi connectivity index (χ1v) is 34.1. The van der Waals surface area contributed by atoms with Crippen molar-refractivity contribution in [3.8, 4) is 0 Å². The number of allylic oxidation sites excluding steroid dienone is 9. The van der Waals surface area contributed by atoms with E-state index < -0.39 is 20.0 Å². The number of unbranched alkanes of at least 4 members (excludes halogenated alkanes) is 35. The number of esters is 1. The van der Waals surface area contributed by atoms with Gasteiger partial charge in [-0.2, -0.15) is 0 Å². The number of nitrogens with one attached hydrogen (secondary N) is 1. The van der Waals surface area contributed by atoms with Gasteiger partial charge in [-0.15, -0.1) is 0 Å². The second-order valence-corrected chi connectivity index (χ2v) is 24.7.